The van der Waals surface area contributed by atoms with Crippen molar-refractivity contribution in [3.8, 4) is 0 Å². The minimum Gasteiger partial charge on any atom is -0.380 e. The first-order valence-corrected chi connectivity index (χ1v) is 3.29. The molecular formula is C7H13F3O. The maximum absolute atomic E-state index is 12.1. The van der Waals surface area contributed by atoms with Gasteiger partial charge in [-0.25, -0.2) is 0 Å². The van der Waals surface area contributed by atoms with Crippen LogP contribution in [-0.4, -0.2) is 16.9 Å². The van der Waals surface area contributed by atoms with Crippen molar-refractivity contribution in [3.63, 3.8) is 0 Å². The molecule has 0 radical (unpaired) electrons. The van der Waals surface area contributed by atoms with E-state index in [4.69, 9.17) is 5.11 Å². The van der Waals surface area contributed by atoms with Gasteiger partial charge in [0, 0.05) is 0 Å². The van der Waals surface area contributed by atoms with Gasteiger partial charge in [-0.3, -0.25) is 0 Å². The predicted octanol–water partition coefficient (Wildman–Crippen LogP) is 2.35. The van der Waals surface area contributed by atoms with Crippen molar-refractivity contribution in [2.45, 2.75) is 39.5 Å². The summed E-state index contributed by atoms with van der Waals surface area (Å²) in [5, 5.41) is 9.06. The maximum Gasteiger partial charge on any atom is 0.417 e. The van der Waals surface area contributed by atoms with Crippen molar-refractivity contribution in [2.75, 3.05) is 0 Å². The van der Waals surface area contributed by atoms with Gasteiger partial charge in [-0.15, -0.1) is 0 Å². The van der Waals surface area contributed by atoms with Crippen LogP contribution in [0.4, 0.5) is 13.2 Å². The second-order valence-corrected chi connectivity index (χ2v) is 3.82. The first-order chi connectivity index (χ1) is 4.50. The average molecular weight is 170 g/mol. The number of hydrogen-bond donors (Lipinski definition) is 1. The minimum atomic E-state index is -4.56. The molecule has 4 heteroatoms. The Morgan fingerprint density at radius 2 is 1.18 bits per heavy atom. The van der Waals surface area contributed by atoms with E-state index in [-0.39, 0.29) is 0 Å². The topological polar surface area (TPSA) is 20.2 Å². The summed E-state index contributed by atoms with van der Waals surface area (Å²) in [7, 11) is 0. The van der Waals surface area contributed by atoms with Gasteiger partial charge in [-0.1, -0.05) is 20.8 Å². The zero-order valence-corrected chi connectivity index (χ0v) is 7.08. The maximum atomic E-state index is 12.1. The highest BCUT2D eigenvalue weighted by Crippen LogP contribution is 2.42. The van der Waals surface area contributed by atoms with Crippen LogP contribution in [-0.2, 0) is 0 Å². The number of hydrogen-bond acceptors (Lipinski definition) is 1. The van der Waals surface area contributed by atoms with Crippen molar-refractivity contribution in [2.24, 2.45) is 5.41 Å². The van der Waals surface area contributed by atoms with Crippen LogP contribution in [0.25, 0.3) is 0 Å². The summed E-state index contributed by atoms with van der Waals surface area (Å²) in [6, 6.07) is 0. The first-order valence-electron chi connectivity index (χ1n) is 3.29. The fourth-order valence-corrected chi connectivity index (χ4v) is 0.425. The summed E-state index contributed by atoms with van der Waals surface area (Å²) in [4.78, 5) is 0. The molecule has 0 saturated carbocycles. The third-order valence-corrected chi connectivity index (χ3v) is 2.01. The molecule has 1 N–H and O–H groups in total. The highest BCUT2D eigenvalue weighted by atomic mass is 19.4. The molecule has 0 heterocycles. The molecule has 0 aliphatic rings. The smallest absolute Gasteiger partial charge is 0.380 e. The van der Waals surface area contributed by atoms with E-state index >= 15 is 0 Å². The minimum absolute atomic E-state index is 0.785. The summed E-state index contributed by atoms with van der Waals surface area (Å²) in [6.07, 6.45) is -4.56. The second-order valence-electron chi connectivity index (χ2n) is 3.82. The van der Waals surface area contributed by atoms with E-state index in [2.05, 4.69) is 0 Å². The average Bonchev–Trinajstić information content (AvgIpc) is 1.58. The predicted molar refractivity (Wildman–Crippen MR) is 36.1 cm³/mol. The summed E-state index contributed by atoms with van der Waals surface area (Å²) >= 11 is 0. The molecule has 1 nitrogen and oxygen atoms in total. The fourth-order valence-electron chi connectivity index (χ4n) is 0.425. The lowest BCUT2D eigenvalue weighted by atomic mass is 9.77. The third-order valence-electron chi connectivity index (χ3n) is 2.01. The molecule has 0 aromatic heterocycles. The van der Waals surface area contributed by atoms with E-state index < -0.39 is 17.2 Å². The van der Waals surface area contributed by atoms with E-state index in [1.807, 2.05) is 0 Å². The summed E-state index contributed by atoms with van der Waals surface area (Å²) in [5.74, 6) is 0. The molecule has 0 spiro atoms. The Balaban J connectivity index is 4.75. The lowest BCUT2D eigenvalue weighted by molar-refractivity contribution is -0.286. The zero-order valence-electron chi connectivity index (χ0n) is 7.08. The molecule has 11 heavy (non-hydrogen) atoms. The molecule has 0 bridgehead atoms. The molecule has 68 valence electrons. The fraction of sp³-hybridized carbons (Fsp3) is 1.00. The van der Waals surface area contributed by atoms with Gasteiger partial charge in [-0.2, -0.15) is 13.2 Å². The summed E-state index contributed by atoms with van der Waals surface area (Å²) in [6.45, 7) is 4.83. The van der Waals surface area contributed by atoms with E-state index in [1.54, 1.807) is 0 Å². The van der Waals surface area contributed by atoms with Crippen LogP contribution in [0.2, 0.25) is 0 Å². The standard InChI is InChI=1S/C7H13F3O/c1-5(2,3)6(4,11)7(8,9)10/h11H,1-4H3/t6-/m1/s1. The van der Waals surface area contributed by atoms with Crippen molar-refractivity contribution < 1.29 is 18.3 Å². The van der Waals surface area contributed by atoms with Gasteiger partial charge < -0.3 is 5.11 Å². The molecule has 1 atom stereocenters. The van der Waals surface area contributed by atoms with Gasteiger partial charge in [0.15, 0.2) is 5.60 Å². The van der Waals surface area contributed by atoms with Crippen LogP contribution < -0.4 is 0 Å². The van der Waals surface area contributed by atoms with Crippen molar-refractivity contribution in [1.29, 1.82) is 0 Å². The normalized spacial score (nSPS) is 19.6. The Hall–Kier alpha value is -0.250. The van der Waals surface area contributed by atoms with Crippen LogP contribution in [0, 0.1) is 5.41 Å². The third kappa shape index (κ3) is 1.86. The lowest BCUT2D eigenvalue weighted by Gasteiger charge is -2.38. The molecule has 0 aromatic carbocycles. The van der Waals surface area contributed by atoms with Crippen molar-refractivity contribution >= 4 is 0 Å². The van der Waals surface area contributed by atoms with Crippen molar-refractivity contribution in [1.82, 2.24) is 0 Å². The molecule has 0 saturated heterocycles. The molecule has 0 amide bonds. The Morgan fingerprint density at radius 3 is 1.18 bits per heavy atom. The lowest BCUT2D eigenvalue weighted by Crippen LogP contribution is -2.52. The van der Waals surface area contributed by atoms with Crippen LogP contribution in [0.3, 0.4) is 0 Å². The number of halogens is 3. The van der Waals surface area contributed by atoms with E-state index in [0.717, 1.165) is 6.92 Å². The van der Waals surface area contributed by atoms with Gasteiger partial charge in [0.05, 0.1) is 0 Å². The van der Waals surface area contributed by atoms with Crippen molar-refractivity contribution in [3.05, 3.63) is 0 Å². The summed E-state index contributed by atoms with van der Waals surface area (Å²) in [5.41, 5.74) is -3.81. The van der Waals surface area contributed by atoms with E-state index in [9.17, 15) is 13.2 Å². The van der Waals surface area contributed by atoms with Crippen LogP contribution in [0.15, 0.2) is 0 Å². The molecule has 0 rings (SSSR count). The highest BCUT2D eigenvalue weighted by Gasteiger charge is 2.56. The number of rotatable bonds is 0. The monoisotopic (exact) mass is 170 g/mol. The molecular weight excluding hydrogens is 157 g/mol. The Labute approximate surface area is 64.2 Å². The van der Waals surface area contributed by atoms with Gasteiger partial charge in [0.25, 0.3) is 0 Å². The number of alkyl halides is 3. The largest absolute Gasteiger partial charge is 0.417 e. The second kappa shape index (κ2) is 2.37. The zero-order chi connectivity index (χ0) is 9.50. The first kappa shape index (κ1) is 10.8. The van der Waals surface area contributed by atoms with Crippen LogP contribution in [0.5, 0.6) is 0 Å². The van der Waals surface area contributed by atoms with Crippen LogP contribution in [0.1, 0.15) is 27.7 Å². The number of aliphatic hydroxyl groups is 1. The highest BCUT2D eigenvalue weighted by molar-refractivity contribution is 4.92. The summed E-state index contributed by atoms with van der Waals surface area (Å²) < 4.78 is 36.2. The van der Waals surface area contributed by atoms with Crippen LogP contribution >= 0.6 is 0 Å². The van der Waals surface area contributed by atoms with E-state index in [1.165, 1.54) is 20.8 Å². The molecule has 0 aliphatic carbocycles. The van der Waals surface area contributed by atoms with Gasteiger partial charge >= 0.3 is 6.18 Å². The Bertz CT molecular complexity index is 125. The Kier molecular flexibility index (Phi) is 2.32. The Morgan fingerprint density at radius 1 is 0.909 bits per heavy atom. The molecule has 0 unspecified atom stereocenters. The molecule has 0 aliphatic heterocycles. The van der Waals surface area contributed by atoms with Gasteiger partial charge in [0.1, 0.15) is 0 Å². The van der Waals surface area contributed by atoms with Gasteiger partial charge in [-0.05, 0) is 12.3 Å². The quantitative estimate of drug-likeness (QED) is 0.591. The SMILES string of the molecule is CC(C)(C)[C@@](C)(O)C(F)(F)F. The molecule has 0 aromatic rings. The van der Waals surface area contributed by atoms with E-state index in [0.29, 0.717) is 0 Å². The molecule has 0 fully saturated rings. The van der Waals surface area contributed by atoms with Gasteiger partial charge in [0.2, 0.25) is 0 Å².